The number of hydrogen-bond acceptors (Lipinski definition) is 1. The van der Waals surface area contributed by atoms with E-state index >= 15 is 0 Å². The van der Waals surface area contributed by atoms with Gasteiger partial charge in [-0.3, -0.25) is 4.79 Å². The van der Waals surface area contributed by atoms with E-state index in [0.717, 1.165) is 20.6 Å². The zero-order valence-corrected chi connectivity index (χ0v) is 14.0. The van der Waals surface area contributed by atoms with Crippen LogP contribution in [0.3, 0.4) is 0 Å². The zero-order chi connectivity index (χ0) is 13.2. The molecule has 0 heterocycles. The molecular formula is C13H15Br2ClO. The van der Waals surface area contributed by atoms with Gasteiger partial charge in [-0.15, -0.1) is 0 Å². The predicted octanol–water partition coefficient (Wildman–Crippen LogP) is 4.94. The van der Waals surface area contributed by atoms with Crippen molar-refractivity contribution in [2.45, 2.75) is 32.0 Å². The van der Waals surface area contributed by atoms with E-state index in [1.807, 2.05) is 32.9 Å². The maximum absolute atomic E-state index is 11.8. The lowest BCUT2D eigenvalue weighted by Gasteiger charge is -2.13. The summed E-state index contributed by atoms with van der Waals surface area (Å²) < 4.78 is 1.00. The summed E-state index contributed by atoms with van der Waals surface area (Å²) in [6.07, 6.45) is 0.650. The summed E-state index contributed by atoms with van der Waals surface area (Å²) in [6.45, 7) is 5.78. The molecule has 0 amide bonds. The van der Waals surface area contributed by atoms with E-state index in [0.29, 0.717) is 6.42 Å². The molecule has 4 heteroatoms. The van der Waals surface area contributed by atoms with Crippen molar-refractivity contribution in [1.29, 1.82) is 0 Å². The molecule has 0 N–H and O–H groups in total. The van der Waals surface area contributed by atoms with Gasteiger partial charge in [0, 0.05) is 15.4 Å². The SMILES string of the molecule is Cc1cc(Br)c(CC(Br)C(=O)C(C)C)cc1Cl. The molecule has 0 fully saturated rings. The van der Waals surface area contributed by atoms with Crippen LogP contribution in [0.25, 0.3) is 0 Å². The third-order valence-electron chi connectivity index (χ3n) is 2.60. The maximum atomic E-state index is 11.8. The van der Waals surface area contributed by atoms with E-state index in [1.54, 1.807) is 0 Å². The second kappa shape index (κ2) is 6.35. The molecule has 1 aromatic rings. The van der Waals surface area contributed by atoms with Crippen molar-refractivity contribution >= 4 is 49.2 Å². The van der Waals surface area contributed by atoms with Crippen molar-refractivity contribution in [2.75, 3.05) is 0 Å². The quantitative estimate of drug-likeness (QED) is 0.674. The predicted molar refractivity (Wildman–Crippen MR) is 80.2 cm³/mol. The van der Waals surface area contributed by atoms with E-state index < -0.39 is 0 Å². The largest absolute Gasteiger partial charge is 0.298 e. The summed E-state index contributed by atoms with van der Waals surface area (Å²) in [6, 6.07) is 3.90. The Morgan fingerprint density at radius 3 is 2.53 bits per heavy atom. The summed E-state index contributed by atoms with van der Waals surface area (Å²) in [4.78, 5) is 11.7. The number of benzene rings is 1. The molecule has 1 unspecified atom stereocenters. The summed E-state index contributed by atoms with van der Waals surface area (Å²) in [5.41, 5.74) is 2.08. The molecular weight excluding hydrogens is 367 g/mol. The number of halogens is 3. The van der Waals surface area contributed by atoms with Gasteiger partial charge in [0.25, 0.3) is 0 Å². The average Bonchev–Trinajstić information content (AvgIpc) is 2.24. The van der Waals surface area contributed by atoms with Crippen LogP contribution in [0.15, 0.2) is 16.6 Å². The van der Waals surface area contributed by atoms with Gasteiger partial charge in [-0.25, -0.2) is 0 Å². The molecule has 0 bridgehead atoms. The lowest BCUT2D eigenvalue weighted by molar-refractivity contribution is -0.121. The lowest BCUT2D eigenvalue weighted by atomic mass is 10.0. The van der Waals surface area contributed by atoms with Crippen LogP contribution in [-0.2, 0) is 11.2 Å². The highest BCUT2D eigenvalue weighted by atomic mass is 79.9. The first-order valence-electron chi connectivity index (χ1n) is 5.45. The molecule has 0 saturated carbocycles. The molecule has 0 aliphatic heterocycles. The minimum absolute atomic E-state index is 0.0408. The van der Waals surface area contributed by atoms with Crippen molar-refractivity contribution in [3.8, 4) is 0 Å². The molecule has 0 spiro atoms. The number of alkyl halides is 1. The van der Waals surface area contributed by atoms with E-state index in [1.165, 1.54) is 0 Å². The monoisotopic (exact) mass is 380 g/mol. The molecule has 0 aliphatic carbocycles. The number of Topliss-reactive ketones (excluding diaryl/α,β-unsaturated/α-hetero) is 1. The average molecular weight is 383 g/mol. The molecule has 1 atom stereocenters. The van der Waals surface area contributed by atoms with E-state index in [2.05, 4.69) is 31.9 Å². The van der Waals surface area contributed by atoms with Crippen LogP contribution in [0.4, 0.5) is 0 Å². The van der Waals surface area contributed by atoms with Crippen LogP contribution in [0, 0.1) is 12.8 Å². The molecule has 1 aromatic carbocycles. The highest BCUT2D eigenvalue weighted by Gasteiger charge is 2.19. The fourth-order valence-corrected chi connectivity index (χ4v) is 3.18. The minimum atomic E-state index is -0.155. The van der Waals surface area contributed by atoms with Gasteiger partial charge in [0.2, 0.25) is 0 Å². The van der Waals surface area contributed by atoms with Crippen molar-refractivity contribution in [2.24, 2.45) is 5.92 Å². The van der Waals surface area contributed by atoms with Gasteiger partial charge in [-0.2, -0.15) is 0 Å². The fraction of sp³-hybridized carbons (Fsp3) is 0.462. The Morgan fingerprint density at radius 1 is 1.41 bits per heavy atom. The second-order valence-corrected chi connectivity index (χ2v) is 6.79. The highest BCUT2D eigenvalue weighted by Crippen LogP contribution is 2.27. The van der Waals surface area contributed by atoms with Crippen LogP contribution in [0.1, 0.15) is 25.0 Å². The van der Waals surface area contributed by atoms with Gasteiger partial charge in [0.05, 0.1) is 4.83 Å². The topological polar surface area (TPSA) is 17.1 Å². The summed E-state index contributed by atoms with van der Waals surface area (Å²) in [5.74, 6) is 0.257. The van der Waals surface area contributed by atoms with E-state index in [9.17, 15) is 4.79 Å². The lowest BCUT2D eigenvalue weighted by Crippen LogP contribution is -2.21. The molecule has 0 saturated heterocycles. The minimum Gasteiger partial charge on any atom is -0.298 e. The number of aryl methyl sites for hydroxylation is 1. The Hall–Kier alpha value is 0.140. The smallest absolute Gasteiger partial charge is 0.149 e. The fourth-order valence-electron chi connectivity index (χ4n) is 1.50. The van der Waals surface area contributed by atoms with Gasteiger partial charge in [-0.05, 0) is 36.6 Å². The first-order chi connectivity index (χ1) is 7.82. The number of carbonyl (C=O) groups excluding carboxylic acids is 1. The highest BCUT2D eigenvalue weighted by molar-refractivity contribution is 9.10. The molecule has 94 valence electrons. The number of hydrogen-bond donors (Lipinski definition) is 0. The number of rotatable bonds is 4. The Morgan fingerprint density at radius 2 is 2.00 bits per heavy atom. The normalized spacial score (nSPS) is 12.9. The van der Waals surface area contributed by atoms with Crippen molar-refractivity contribution < 1.29 is 4.79 Å². The molecule has 17 heavy (non-hydrogen) atoms. The maximum Gasteiger partial charge on any atom is 0.149 e. The van der Waals surface area contributed by atoms with Crippen molar-refractivity contribution in [1.82, 2.24) is 0 Å². The first kappa shape index (κ1) is 15.2. The van der Waals surface area contributed by atoms with E-state index in [-0.39, 0.29) is 16.5 Å². The second-order valence-electron chi connectivity index (χ2n) is 4.42. The molecule has 0 aliphatic rings. The third kappa shape index (κ3) is 4.08. The van der Waals surface area contributed by atoms with Gasteiger partial charge < -0.3 is 0 Å². The van der Waals surface area contributed by atoms with Crippen LogP contribution in [0.5, 0.6) is 0 Å². The van der Waals surface area contributed by atoms with Gasteiger partial charge in [0.15, 0.2) is 0 Å². The summed E-state index contributed by atoms with van der Waals surface area (Å²) in [5, 5.41) is 0.736. The summed E-state index contributed by atoms with van der Waals surface area (Å²) >= 11 is 13.0. The standard InChI is InChI=1S/C13H15Br2ClO/c1-7(2)13(17)11(15)5-9-6-12(16)8(3)4-10(9)14/h4,6-7,11H,5H2,1-3H3. The Labute approximate surface area is 124 Å². The summed E-state index contributed by atoms with van der Waals surface area (Å²) in [7, 11) is 0. The first-order valence-corrected chi connectivity index (χ1v) is 7.54. The molecule has 1 nitrogen and oxygen atoms in total. The van der Waals surface area contributed by atoms with Crippen LogP contribution in [0.2, 0.25) is 5.02 Å². The van der Waals surface area contributed by atoms with E-state index in [4.69, 9.17) is 11.6 Å². The van der Waals surface area contributed by atoms with Gasteiger partial charge in [0.1, 0.15) is 5.78 Å². The van der Waals surface area contributed by atoms with Crippen molar-refractivity contribution in [3.63, 3.8) is 0 Å². The third-order valence-corrected chi connectivity index (χ3v) is 4.52. The van der Waals surface area contributed by atoms with Gasteiger partial charge >= 0.3 is 0 Å². The van der Waals surface area contributed by atoms with Crippen LogP contribution >= 0.6 is 43.5 Å². The zero-order valence-electron chi connectivity index (χ0n) is 10.1. The number of ketones is 1. The van der Waals surface area contributed by atoms with Crippen LogP contribution < -0.4 is 0 Å². The van der Waals surface area contributed by atoms with Gasteiger partial charge in [-0.1, -0.05) is 57.3 Å². The Bertz CT molecular complexity index is 430. The molecule has 0 aromatic heterocycles. The Kier molecular flexibility index (Phi) is 5.68. The van der Waals surface area contributed by atoms with Crippen LogP contribution in [-0.4, -0.2) is 10.6 Å². The van der Waals surface area contributed by atoms with Crippen molar-refractivity contribution in [3.05, 3.63) is 32.8 Å². The molecule has 0 radical (unpaired) electrons. The Balaban J connectivity index is 2.89. The number of carbonyl (C=O) groups is 1. The molecule has 1 rings (SSSR count).